The highest BCUT2D eigenvalue weighted by atomic mass is 16.5. The van der Waals surface area contributed by atoms with E-state index in [9.17, 15) is 9.59 Å². The fraction of sp³-hybridized carbons (Fsp3) is 0.150. The third-order valence-corrected chi connectivity index (χ3v) is 3.81. The number of carbonyl (C=O) groups is 2. The maximum Gasteiger partial charge on any atom is 0.340 e. The van der Waals surface area contributed by atoms with Gasteiger partial charge < -0.3 is 14.6 Å². The number of hydrogen-bond acceptors (Lipinski definition) is 4. The molecule has 0 bridgehead atoms. The molecule has 2 heterocycles. The van der Waals surface area contributed by atoms with Crippen molar-refractivity contribution in [1.29, 1.82) is 0 Å². The van der Waals surface area contributed by atoms with Crippen molar-refractivity contribution in [1.82, 2.24) is 14.9 Å². The smallest absolute Gasteiger partial charge is 0.340 e. The summed E-state index contributed by atoms with van der Waals surface area (Å²) in [7, 11) is 0. The van der Waals surface area contributed by atoms with E-state index in [1.807, 2.05) is 59.4 Å². The van der Waals surface area contributed by atoms with Crippen molar-refractivity contribution in [3.63, 3.8) is 0 Å². The van der Waals surface area contributed by atoms with Gasteiger partial charge in [-0.25, -0.2) is 9.78 Å². The first-order valence-corrected chi connectivity index (χ1v) is 8.23. The molecule has 0 aliphatic rings. The van der Waals surface area contributed by atoms with Gasteiger partial charge in [0.1, 0.15) is 11.9 Å². The molecule has 132 valence electrons. The summed E-state index contributed by atoms with van der Waals surface area (Å²) in [6.45, 7) is 1.63. The average Bonchev–Trinajstić information content (AvgIpc) is 3.20. The Morgan fingerprint density at radius 1 is 1.08 bits per heavy atom. The van der Waals surface area contributed by atoms with Crippen molar-refractivity contribution in [3.8, 4) is 5.82 Å². The van der Waals surface area contributed by atoms with Crippen molar-refractivity contribution in [2.75, 3.05) is 6.54 Å². The zero-order valence-corrected chi connectivity index (χ0v) is 14.3. The Kier molecular flexibility index (Phi) is 5.43. The van der Waals surface area contributed by atoms with E-state index in [1.54, 1.807) is 12.1 Å². The molecule has 0 spiro atoms. The Hall–Kier alpha value is -3.41. The van der Waals surface area contributed by atoms with Gasteiger partial charge in [0.05, 0.1) is 12.1 Å². The predicted octanol–water partition coefficient (Wildman–Crippen LogP) is 2.91. The molecule has 1 amide bonds. The van der Waals surface area contributed by atoms with Crippen molar-refractivity contribution in [3.05, 3.63) is 84.3 Å². The van der Waals surface area contributed by atoms with Gasteiger partial charge in [-0.2, -0.15) is 0 Å². The molecular formula is C20H19N3O3. The first kappa shape index (κ1) is 17.4. The predicted molar refractivity (Wildman–Crippen MR) is 96.8 cm³/mol. The van der Waals surface area contributed by atoms with Gasteiger partial charge in [0.15, 0.2) is 0 Å². The van der Waals surface area contributed by atoms with Gasteiger partial charge in [0.2, 0.25) is 5.91 Å². The lowest BCUT2D eigenvalue weighted by Gasteiger charge is -2.18. The minimum Gasteiger partial charge on any atom is -0.452 e. The van der Waals surface area contributed by atoms with Crippen LogP contribution < -0.4 is 5.32 Å². The Morgan fingerprint density at radius 3 is 2.42 bits per heavy atom. The molecule has 6 nitrogen and oxygen atoms in total. The van der Waals surface area contributed by atoms with Crippen LogP contribution in [-0.2, 0) is 9.53 Å². The summed E-state index contributed by atoms with van der Waals surface area (Å²) >= 11 is 0. The summed E-state index contributed by atoms with van der Waals surface area (Å²) in [5.41, 5.74) is 1.16. The molecule has 1 N–H and O–H groups in total. The fourth-order valence-electron chi connectivity index (χ4n) is 2.48. The Labute approximate surface area is 151 Å². The number of benzene rings is 1. The van der Waals surface area contributed by atoms with E-state index in [-0.39, 0.29) is 12.5 Å². The van der Waals surface area contributed by atoms with Crippen LogP contribution in [0, 0.1) is 0 Å². The summed E-state index contributed by atoms with van der Waals surface area (Å²) in [4.78, 5) is 28.0. The number of nitrogens with zero attached hydrogens (tertiary/aromatic N) is 2. The molecule has 1 aromatic carbocycles. The summed E-state index contributed by atoms with van der Waals surface area (Å²) in [6, 6.07) is 16.5. The SMILES string of the molecule is CC(=O)NC[C@H](OC(=O)c1ccc(-n2cccc2)nc1)c1ccccc1. The lowest BCUT2D eigenvalue weighted by Crippen LogP contribution is -2.28. The second-order valence-electron chi connectivity index (χ2n) is 5.74. The van der Waals surface area contributed by atoms with Gasteiger partial charge in [-0.15, -0.1) is 0 Å². The summed E-state index contributed by atoms with van der Waals surface area (Å²) in [6.07, 6.45) is 4.66. The van der Waals surface area contributed by atoms with Crippen LogP contribution in [0.3, 0.4) is 0 Å². The monoisotopic (exact) mass is 349 g/mol. The number of aromatic nitrogens is 2. The van der Waals surface area contributed by atoms with E-state index in [0.717, 1.165) is 5.56 Å². The quantitative estimate of drug-likeness (QED) is 0.695. The number of amides is 1. The molecule has 0 saturated carbocycles. The van der Waals surface area contributed by atoms with Crippen molar-refractivity contribution in [2.45, 2.75) is 13.0 Å². The highest BCUT2D eigenvalue weighted by molar-refractivity contribution is 5.89. The number of esters is 1. The first-order valence-electron chi connectivity index (χ1n) is 8.23. The Bertz CT molecular complexity index is 859. The van der Waals surface area contributed by atoms with Gasteiger partial charge >= 0.3 is 5.97 Å². The Balaban J connectivity index is 1.73. The molecule has 6 heteroatoms. The van der Waals surface area contributed by atoms with Crippen LogP contribution >= 0.6 is 0 Å². The number of hydrogen-bond donors (Lipinski definition) is 1. The second kappa shape index (κ2) is 8.11. The van der Waals surface area contributed by atoms with E-state index < -0.39 is 12.1 Å². The minimum absolute atomic E-state index is 0.181. The molecule has 2 aromatic heterocycles. The normalized spacial score (nSPS) is 11.6. The van der Waals surface area contributed by atoms with Crippen LogP contribution in [0.1, 0.15) is 28.9 Å². The number of carbonyl (C=O) groups excluding carboxylic acids is 2. The topological polar surface area (TPSA) is 73.2 Å². The first-order chi connectivity index (χ1) is 12.6. The highest BCUT2D eigenvalue weighted by Crippen LogP contribution is 2.19. The molecule has 3 aromatic rings. The zero-order chi connectivity index (χ0) is 18.4. The minimum atomic E-state index is -0.572. The van der Waals surface area contributed by atoms with Crippen molar-refractivity contribution >= 4 is 11.9 Å². The van der Waals surface area contributed by atoms with Gasteiger partial charge in [0, 0.05) is 25.5 Å². The maximum atomic E-state index is 12.5. The van der Waals surface area contributed by atoms with Gasteiger partial charge in [0.25, 0.3) is 0 Å². The summed E-state index contributed by atoms with van der Waals surface area (Å²) < 4.78 is 7.45. The van der Waals surface area contributed by atoms with E-state index in [1.165, 1.54) is 13.1 Å². The van der Waals surface area contributed by atoms with E-state index in [2.05, 4.69) is 10.3 Å². The number of nitrogens with one attached hydrogen (secondary N) is 1. The molecule has 0 aliphatic heterocycles. The number of rotatable bonds is 6. The van der Waals surface area contributed by atoms with Crippen LogP contribution in [-0.4, -0.2) is 28.0 Å². The summed E-state index contributed by atoms with van der Waals surface area (Å²) in [5, 5.41) is 2.69. The zero-order valence-electron chi connectivity index (χ0n) is 14.3. The molecule has 0 unspecified atom stereocenters. The maximum absolute atomic E-state index is 12.5. The average molecular weight is 349 g/mol. The van der Waals surface area contributed by atoms with Gasteiger partial charge in [-0.1, -0.05) is 30.3 Å². The largest absolute Gasteiger partial charge is 0.452 e. The molecule has 3 rings (SSSR count). The number of pyridine rings is 1. The standard InChI is InChI=1S/C20H19N3O3/c1-15(24)21-14-18(16-7-3-2-4-8-16)26-20(25)17-9-10-19(22-13-17)23-11-5-6-12-23/h2-13,18H,14H2,1H3,(H,21,24)/t18-/m0/s1. The molecule has 0 fully saturated rings. The molecular weight excluding hydrogens is 330 g/mol. The van der Waals surface area contributed by atoms with E-state index in [4.69, 9.17) is 4.74 Å². The van der Waals surface area contributed by atoms with E-state index >= 15 is 0 Å². The lowest BCUT2D eigenvalue weighted by atomic mass is 10.1. The van der Waals surface area contributed by atoms with Gasteiger partial charge in [-0.3, -0.25) is 4.79 Å². The van der Waals surface area contributed by atoms with Crippen LogP contribution in [0.15, 0.2) is 73.2 Å². The second-order valence-corrected chi connectivity index (χ2v) is 5.74. The van der Waals surface area contributed by atoms with Crippen LogP contribution in [0.25, 0.3) is 5.82 Å². The molecule has 0 saturated heterocycles. The fourth-order valence-corrected chi connectivity index (χ4v) is 2.48. The molecule has 26 heavy (non-hydrogen) atoms. The molecule has 1 atom stereocenters. The number of ether oxygens (including phenoxy) is 1. The van der Waals surface area contributed by atoms with Crippen LogP contribution in [0.2, 0.25) is 0 Å². The third-order valence-electron chi connectivity index (χ3n) is 3.81. The van der Waals surface area contributed by atoms with E-state index in [0.29, 0.717) is 11.4 Å². The van der Waals surface area contributed by atoms with Crippen LogP contribution in [0.4, 0.5) is 0 Å². The lowest BCUT2D eigenvalue weighted by molar-refractivity contribution is -0.119. The highest BCUT2D eigenvalue weighted by Gasteiger charge is 2.18. The van der Waals surface area contributed by atoms with Crippen molar-refractivity contribution in [2.24, 2.45) is 0 Å². The van der Waals surface area contributed by atoms with Crippen LogP contribution in [0.5, 0.6) is 0 Å². The van der Waals surface area contributed by atoms with Crippen molar-refractivity contribution < 1.29 is 14.3 Å². The Morgan fingerprint density at radius 2 is 1.81 bits per heavy atom. The molecule has 0 radical (unpaired) electrons. The van der Waals surface area contributed by atoms with Gasteiger partial charge in [-0.05, 0) is 29.8 Å². The third kappa shape index (κ3) is 4.36. The molecule has 0 aliphatic carbocycles. The summed E-state index contributed by atoms with van der Waals surface area (Å²) in [5.74, 6) is 0.0416.